The second-order valence-corrected chi connectivity index (χ2v) is 9.27. The molecule has 2 atom stereocenters. The monoisotopic (exact) mass is 460 g/mol. The number of benzene rings is 2. The summed E-state index contributed by atoms with van der Waals surface area (Å²) in [6.45, 7) is 4.84. The predicted molar refractivity (Wildman–Crippen MR) is 118 cm³/mol. The van der Waals surface area contributed by atoms with Gasteiger partial charge in [0.15, 0.2) is 5.58 Å². The van der Waals surface area contributed by atoms with Crippen molar-refractivity contribution in [3.8, 4) is 0 Å². The van der Waals surface area contributed by atoms with Crippen LogP contribution >= 0.6 is 0 Å². The number of ether oxygens (including phenoxy) is 1. The van der Waals surface area contributed by atoms with Crippen molar-refractivity contribution in [1.82, 2.24) is 10.1 Å². The van der Waals surface area contributed by atoms with Gasteiger partial charge in [0.1, 0.15) is 17.3 Å². The van der Waals surface area contributed by atoms with Gasteiger partial charge in [-0.1, -0.05) is 11.2 Å². The smallest absolute Gasteiger partial charge is 0.305 e. The van der Waals surface area contributed by atoms with Crippen LogP contribution in [-0.2, 0) is 22.4 Å². The molecule has 1 aliphatic rings. The molecule has 1 aromatic heterocycles. The number of rotatable bonds is 6. The van der Waals surface area contributed by atoms with Crippen molar-refractivity contribution in [3.63, 3.8) is 0 Å². The van der Waals surface area contributed by atoms with Gasteiger partial charge < -0.3 is 9.26 Å². The minimum Gasteiger partial charge on any atom is -0.469 e. The van der Waals surface area contributed by atoms with Crippen LogP contribution in [-0.4, -0.2) is 41.4 Å². The van der Waals surface area contributed by atoms with E-state index in [0.717, 1.165) is 10.9 Å². The van der Waals surface area contributed by atoms with Gasteiger partial charge in [-0.2, -0.15) is 0 Å². The number of nitrogens with zero attached hydrogens (tertiary/aromatic N) is 2. The van der Waals surface area contributed by atoms with Crippen LogP contribution in [0.2, 0.25) is 0 Å². The zero-order chi connectivity index (χ0) is 23.9. The van der Waals surface area contributed by atoms with Crippen molar-refractivity contribution in [2.75, 3.05) is 13.7 Å². The topological polar surface area (TPSA) is 55.6 Å². The number of hydrogen-bond acceptors (Lipinski definition) is 5. The van der Waals surface area contributed by atoms with Gasteiger partial charge in [-0.3, -0.25) is 9.69 Å². The van der Waals surface area contributed by atoms with Gasteiger partial charge in [0.05, 0.1) is 19.3 Å². The number of alkyl halides is 1. The van der Waals surface area contributed by atoms with Crippen LogP contribution in [0.3, 0.4) is 0 Å². The van der Waals surface area contributed by atoms with E-state index in [1.165, 1.54) is 33.1 Å². The molecule has 3 aromatic rings. The third-order valence-corrected chi connectivity index (χ3v) is 6.19. The molecule has 0 bridgehead atoms. The Morgan fingerprint density at radius 1 is 1.27 bits per heavy atom. The van der Waals surface area contributed by atoms with Gasteiger partial charge in [-0.05, 0) is 68.5 Å². The van der Waals surface area contributed by atoms with Gasteiger partial charge in [0.2, 0.25) is 0 Å². The highest BCUT2D eigenvalue weighted by Gasteiger charge is 2.40. The largest absolute Gasteiger partial charge is 0.469 e. The molecule has 2 unspecified atom stereocenters. The van der Waals surface area contributed by atoms with Crippen LogP contribution in [0.15, 0.2) is 35.0 Å². The van der Waals surface area contributed by atoms with Gasteiger partial charge in [0, 0.05) is 30.0 Å². The molecule has 2 aromatic carbocycles. The molecule has 1 aliphatic heterocycles. The number of carbonyl (C=O) groups is 1. The summed E-state index contributed by atoms with van der Waals surface area (Å²) in [5, 5.41) is 4.66. The third-order valence-electron chi connectivity index (χ3n) is 6.19. The number of methoxy groups -OCH3 is 1. The molecule has 0 aliphatic carbocycles. The molecule has 2 heterocycles. The second-order valence-electron chi connectivity index (χ2n) is 9.27. The molecule has 0 saturated carbocycles. The molecular formula is C25H27F3N2O3. The number of aryl methyl sites for hydroxylation is 1. The van der Waals surface area contributed by atoms with Crippen molar-refractivity contribution >= 4 is 16.9 Å². The Morgan fingerprint density at radius 3 is 2.61 bits per heavy atom. The maximum Gasteiger partial charge on any atom is 0.305 e. The molecule has 0 radical (unpaired) electrons. The summed E-state index contributed by atoms with van der Waals surface area (Å²) in [5.74, 6) is -1.91. The maximum atomic E-state index is 15.5. The van der Waals surface area contributed by atoms with Crippen LogP contribution in [0, 0.1) is 11.6 Å². The normalized spacial score (nSPS) is 19.0. The number of esters is 1. The predicted octanol–water partition coefficient (Wildman–Crippen LogP) is 5.30. The lowest BCUT2D eigenvalue weighted by Crippen LogP contribution is -2.48. The van der Waals surface area contributed by atoms with Crippen molar-refractivity contribution in [3.05, 3.63) is 64.4 Å². The molecule has 33 heavy (non-hydrogen) atoms. The molecule has 4 rings (SSSR count). The van der Waals surface area contributed by atoms with Crippen molar-refractivity contribution in [2.24, 2.45) is 0 Å². The van der Waals surface area contributed by atoms with Crippen LogP contribution in [0.4, 0.5) is 13.2 Å². The van der Waals surface area contributed by atoms with Gasteiger partial charge >= 0.3 is 5.97 Å². The molecule has 0 N–H and O–H groups in total. The first kappa shape index (κ1) is 23.3. The number of fused-ring (bicyclic) bond motifs is 3. The highest BCUT2D eigenvalue weighted by Crippen LogP contribution is 2.43. The first-order chi connectivity index (χ1) is 15.6. The van der Waals surface area contributed by atoms with Gasteiger partial charge in [-0.25, -0.2) is 13.2 Å². The van der Waals surface area contributed by atoms with E-state index in [2.05, 4.69) is 9.89 Å². The Bertz CT molecular complexity index is 1160. The maximum absolute atomic E-state index is 15.5. The van der Waals surface area contributed by atoms with Crippen LogP contribution in [0.5, 0.6) is 0 Å². The minimum atomic E-state index is -1.57. The van der Waals surface area contributed by atoms with E-state index < -0.39 is 29.3 Å². The molecule has 0 amide bonds. The fourth-order valence-electron chi connectivity index (χ4n) is 4.74. The van der Waals surface area contributed by atoms with Crippen LogP contribution in [0.1, 0.15) is 55.5 Å². The lowest BCUT2D eigenvalue weighted by molar-refractivity contribution is -0.140. The highest BCUT2D eigenvalue weighted by molar-refractivity contribution is 5.82. The van der Waals surface area contributed by atoms with E-state index in [-0.39, 0.29) is 31.0 Å². The van der Waals surface area contributed by atoms with E-state index in [1.54, 1.807) is 18.3 Å². The van der Waals surface area contributed by atoms with Crippen molar-refractivity contribution < 1.29 is 27.2 Å². The highest BCUT2D eigenvalue weighted by atomic mass is 19.1. The summed E-state index contributed by atoms with van der Waals surface area (Å²) in [4.78, 5) is 13.3. The molecule has 8 heteroatoms. The molecule has 0 fully saturated rings. The zero-order valence-electron chi connectivity index (χ0n) is 19.1. The number of carbonyl (C=O) groups excluding carboxylic acids is 1. The average molecular weight is 460 g/mol. The summed E-state index contributed by atoms with van der Waals surface area (Å²) in [6, 6.07) is 4.99. The fourth-order valence-corrected chi connectivity index (χ4v) is 4.74. The SMILES string of the molecule is COC(=O)CCc1cc(F)c(C2c3ccc4oncc4c3CC(C)N2CC(C)(C)F)c(F)c1. The minimum absolute atomic E-state index is 0.00290. The van der Waals surface area contributed by atoms with E-state index in [0.29, 0.717) is 23.1 Å². The van der Waals surface area contributed by atoms with Crippen molar-refractivity contribution in [1.29, 1.82) is 0 Å². The number of halogens is 3. The van der Waals surface area contributed by atoms with E-state index in [1.807, 2.05) is 11.8 Å². The second kappa shape index (κ2) is 8.82. The number of aromatic nitrogens is 1. The standard InChI is InChI=1S/C25H27F3N2O3/c1-14-9-17-16(6-7-21-18(17)12-29-33-21)24(30(14)13-25(2,3)28)23-19(26)10-15(11-20(23)27)5-8-22(31)32-4/h6-7,10-12,14,24H,5,8-9,13H2,1-4H3. The first-order valence-electron chi connectivity index (χ1n) is 10.9. The van der Waals surface area contributed by atoms with E-state index >= 15 is 8.78 Å². The van der Waals surface area contributed by atoms with Crippen LogP contribution in [0.25, 0.3) is 11.0 Å². The summed E-state index contributed by atoms with van der Waals surface area (Å²) in [5.41, 5.74) is 0.845. The fraction of sp³-hybridized carbons (Fsp3) is 0.440. The van der Waals surface area contributed by atoms with Gasteiger partial charge in [0.25, 0.3) is 0 Å². The Balaban J connectivity index is 1.84. The Morgan fingerprint density at radius 2 is 1.97 bits per heavy atom. The summed E-state index contributed by atoms with van der Waals surface area (Å²) >= 11 is 0. The zero-order valence-corrected chi connectivity index (χ0v) is 19.1. The van der Waals surface area contributed by atoms with Crippen molar-refractivity contribution in [2.45, 2.75) is 57.8 Å². The lowest BCUT2D eigenvalue weighted by atomic mass is 9.82. The van der Waals surface area contributed by atoms with Gasteiger partial charge in [-0.15, -0.1) is 0 Å². The van der Waals surface area contributed by atoms with E-state index in [4.69, 9.17) is 4.52 Å². The Kier molecular flexibility index (Phi) is 6.22. The van der Waals surface area contributed by atoms with E-state index in [9.17, 15) is 9.18 Å². The lowest BCUT2D eigenvalue weighted by Gasteiger charge is -2.44. The molecule has 0 saturated heterocycles. The Labute approximate surface area is 190 Å². The molecule has 0 spiro atoms. The number of hydrogen-bond donors (Lipinski definition) is 0. The summed E-state index contributed by atoms with van der Waals surface area (Å²) in [7, 11) is 1.27. The first-order valence-corrected chi connectivity index (χ1v) is 10.9. The third kappa shape index (κ3) is 4.62. The summed E-state index contributed by atoms with van der Waals surface area (Å²) in [6.07, 6.45) is 2.35. The molecule has 5 nitrogen and oxygen atoms in total. The molecular weight excluding hydrogens is 433 g/mol. The molecule has 176 valence electrons. The summed E-state index contributed by atoms with van der Waals surface area (Å²) < 4.78 is 55.6. The average Bonchev–Trinajstić information content (AvgIpc) is 3.22. The van der Waals surface area contributed by atoms with Crippen LogP contribution < -0.4 is 0 Å². The Hall–Kier alpha value is -2.87. The quantitative estimate of drug-likeness (QED) is 0.468.